The summed E-state index contributed by atoms with van der Waals surface area (Å²) in [5, 5.41) is 16.3. The van der Waals surface area contributed by atoms with Crippen LogP contribution >= 0.6 is 0 Å². The van der Waals surface area contributed by atoms with Gasteiger partial charge in [-0.3, -0.25) is 0 Å². The van der Waals surface area contributed by atoms with Crippen LogP contribution in [0.4, 0.5) is 0 Å². The summed E-state index contributed by atoms with van der Waals surface area (Å²) >= 11 is 0. The first kappa shape index (κ1) is 9.57. The molecule has 0 spiro atoms. The largest absolute Gasteiger partial charge is 0.473 e. The normalized spacial score (nSPS) is 11.8. The van der Waals surface area contributed by atoms with Gasteiger partial charge in [-0.05, 0) is 6.92 Å². The molecule has 0 bridgehead atoms. The molecule has 0 heterocycles. The van der Waals surface area contributed by atoms with Crippen LogP contribution in [0.3, 0.4) is 0 Å². The van der Waals surface area contributed by atoms with Gasteiger partial charge in [0.15, 0.2) is 0 Å². The highest BCUT2D eigenvalue weighted by atomic mass is 16.6. The zero-order valence-electron chi connectivity index (χ0n) is 5.60. The average molecular weight is 162 g/mol. The number of carboxylic acid groups (broad SMARTS) is 1. The molecule has 1 atom stereocenters. The number of hydrogen-bond acceptors (Lipinski definition) is 5. The molecule has 0 aliphatic heterocycles. The lowest BCUT2D eigenvalue weighted by Crippen LogP contribution is -2.27. The zero-order valence-corrected chi connectivity index (χ0v) is 5.60. The van der Waals surface area contributed by atoms with Crippen LogP contribution in [0, 0.1) is 0 Å². The maximum absolute atomic E-state index is 10.3. The zero-order chi connectivity index (χ0) is 9.02. The van der Waals surface area contributed by atoms with E-state index in [0.717, 1.165) is 6.92 Å². The quantitative estimate of drug-likeness (QED) is 0.277. The molecule has 0 fully saturated rings. The number of hydrogen-bond donors (Lipinski definition) is 2. The molecular formula is C5H6O6. The van der Waals surface area contributed by atoms with Gasteiger partial charge in [0.1, 0.15) is 6.10 Å². The van der Waals surface area contributed by atoms with E-state index in [1.807, 2.05) is 0 Å². The molecule has 0 aromatic heterocycles. The maximum Gasteiger partial charge on any atom is 0.424 e. The van der Waals surface area contributed by atoms with E-state index in [1.165, 1.54) is 0 Å². The van der Waals surface area contributed by atoms with Crippen molar-refractivity contribution in [1.82, 2.24) is 0 Å². The second-order valence-corrected chi connectivity index (χ2v) is 1.69. The van der Waals surface area contributed by atoms with Gasteiger partial charge in [-0.1, -0.05) is 0 Å². The summed E-state index contributed by atoms with van der Waals surface area (Å²) in [5.74, 6) is -4.85. The number of ether oxygens (including phenoxy) is 1. The summed E-state index contributed by atoms with van der Waals surface area (Å²) in [5.41, 5.74) is 0. The van der Waals surface area contributed by atoms with Crippen LogP contribution in [-0.2, 0) is 19.1 Å². The van der Waals surface area contributed by atoms with Crippen molar-refractivity contribution in [3.8, 4) is 0 Å². The fourth-order valence-electron chi connectivity index (χ4n) is 0.220. The standard InChI is InChI=1S/C5H6O6/c1-2(6)4(9)11-5(10)3(7)8/h2,6H,1H3,(H,7,8). The number of rotatable bonds is 1. The number of carboxylic acids is 1. The van der Waals surface area contributed by atoms with Crippen molar-refractivity contribution < 1.29 is 29.3 Å². The minimum absolute atomic E-state index is 1.05. The van der Waals surface area contributed by atoms with Gasteiger partial charge in [-0.2, -0.15) is 0 Å². The molecule has 0 aromatic carbocycles. The fraction of sp³-hybridized carbons (Fsp3) is 0.400. The summed E-state index contributed by atoms with van der Waals surface area (Å²) in [6.07, 6.45) is -1.50. The van der Waals surface area contributed by atoms with Gasteiger partial charge in [0.25, 0.3) is 0 Å². The lowest BCUT2D eigenvalue weighted by atomic mass is 10.4. The Morgan fingerprint density at radius 3 is 2.09 bits per heavy atom. The Bertz CT molecular complexity index is 193. The first-order valence-electron chi connectivity index (χ1n) is 2.62. The van der Waals surface area contributed by atoms with Crippen molar-refractivity contribution in [2.24, 2.45) is 0 Å². The van der Waals surface area contributed by atoms with E-state index in [4.69, 9.17) is 10.2 Å². The van der Waals surface area contributed by atoms with E-state index in [1.54, 1.807) is 0 Å². The second-order valence-electron chi connectivity index (χ2n) is 1.69. The van der Waals surface area contributed by atoms with Crippen molar-refractivity contribution >= 4 is 17.9 Å². The van der Waals surface area contributed by atoms with Crippen molar-refractivity contribution in [3.63, 3.8) is 0 Å². The third-order valence-electron chi connectivity index (χ3n) is 0.709. The van der Waals surface area contributed by atoms with E-state index < -0.39 is 24.0 Å². The topological polar surface area (TPSA) is 101 Å². The number of aliphatic hydroxyl groups excluding tert-OH is 1. The molecule has 6 heteroatoms. The Balaban J connectivity index is 3.96. The van der Waals surface area contributed by atoms with Gasteiger partial charge in [0, 0.05) is 0 Å². The highest BCUT2D eigenvalue weighted by molar-refractivity contribution is 6.30. The fourth-order valence-corrected chi connectivity index (χ4v) is 0.220. The molecule has 0 saturated heterocycles. The molecule has 0 aliphatic rings. The number of aliphatic carboxylic acids is 1. The molecule has 2 N–H and O–H groups in total. The molecule has 6 nitrogen and oxygen atoms in total. The van der Waals surface area contributed by atoms with Crippen molar-refractivity contribution in [1.29, 1.82) is 0 Å². The first-order valence-corrected chi connectivity index (χ1v) is 2.62. The van der Waals surface area contributed by atoms with Gasteiger partial charge in [0.05, 0.1) is 0 Å². The van der Waals surface area contributed by atoms with E-state index in [9.17, 15) is 14.4 Å². The molecular weight excluding hydrogens is 156 g/mol. The SMILES string of the molecule is CC(O)C(=O)OC(=O)C(=O)O. The van der Waals surface area contributed by atoms with Crippen LogP contribution in [0.2, 0.25) is 0 Å². The third kappa shape index (κ3) is 3.31. The van der Waals surface area contributed by atoms with Crippen LogP contribution in [0.5, 0.6) is 0 Å². The number of aliphatic hydroxyl groups is 1. The third-order valence-corrected chi connectivity index (χ3v) is 0.709. The van der Waals surface area contributed by atoms with Crippen LogP contribution < -0.4 is 0 Å². The monoisotopic (exact) mass is 162 g/mol. The maximum atomic E-state index is 10.3. The highest BCUT2D eigenvalue weighted by Gasteiger charge is 2.20. The number of esters is 2. The molecule has 0 rings (SSSR count). The Morgan fingerprint density at radius 1 is 1.36 bits per heavy atom. The van der Waals surface area contributed by atoms with Gasteiger partial charge in [-0.15, -0.1) is 0 Å². The van der Waals surface area contributed by atoms with Crippen molar-refractivity contribution in [2.45, 2.75) is 13.0 Å². The molecule has 0 aromatic rings. The minimum atomic E-state index is -1.88. The molecule has 62 valence electrons. The Kier molecular flexibility index (Phi) is 3.19. The highest BCUT2D eigenvalue weighted by Crippen LogP contribution is 1.87. The molecule has 0 amide bonds. The summed E-state index contributed by atoms with van der Waals surface area (Å²) in [6.45, 7) is 1.05. The number of carbonyl (C=O) groups excluding carboxylic acids is 2. The van der Waals surface area contributed by atoms with Gasteiger partial charge < -0.3 is 14.9 Å². The Labute approximate surface area is 61.4 Å². The van der Waals surface area contributed by atoms with Gasteiger partial charge in [-0.25, -0.2) is 14.4 Å². The van der Waals surface area contributed by atoms with E-state index in [0.29, 0.717) is 0 Å². The molecule has 11 heavy (non-hydrogen) atoms. The summed E-state index contributed by atoms with van der Waals surface area (Å²) < 4.78 is 3.65. The van der Waals surface area contributed by atoms with E-state index in [2.05, 4.69) is 4.74 Å². The van der Waals surface area contributed by atoms with Gasteiger partial charge in [0.2, 0.25) is 0 Å². The predicted octanol–water partition coefficient (Wildman–Crippen LogP) is -1.48. The first-order chi connectivity index (χ1) is 4.95. The molecule has 0 aliphatic carbocycles. The van der Waals surface area contributed by atoms with E-state index >= 15 is 0 Å². The Morgan fingerprint density at radius 2 is 1.82 bits per heavy atom. The van der Waals surface area contributed by atoms with Crippen LogP contribution in [0.15, 0.2) is 0 Å². The van der Waals surface area contributed by atoms with Crippen LogP contribution in [0.25, 0.3) is 0 Å². The van der Waals surface area contributed by atoms with Gasteiger partial charge >= 0.3 is 17.9 Å². The average Bonchev–Trinajstić information content (AvgIpc) is 1.87. The minimum Gasteiger partial charge on any atom is -0.473 e. The van der Waals surface area contributed by atoms with Crippen LogP contribution in [0.1, 0.15) is 6.92 Å². The molecule has 1 unspecified atom stereocenters. The van der Waals surface area contributed by atoms with Crippen LogP contribution in [-0.4, -0.2) is 34.2 Å². The lowest BCUT2D eigenvalue weighted by molar-refractivity contribution is -0.174. The predicted molar refractivity (Wildman–Crippen MR) is 30.4 cm³/mol. The summed E-state index contributed by atoms with van der Waals surface area (Å²) in [6, 6.07) is 0. The number of carbonyl (C=O) groups is 3. The van der Waals surface area contributed by atoms with Crippen molar-refractivity contribution in [3.05, 3.63) is 0 Å². The lowest BCUT2D eigenvalue weighted by Gasteiger charge is -2.00. The summed E-state index contributed by atoms with van der Waals surface area (Å²) in [7, 11) is 0. The van der Waals surface area contributed by atoms with E-state index in [-0.39, 0.29) is 0 Å². The van der Waals surface area contributed by atoms with Crippen molar-refractivity contribution in [2.75, 3.05) is 0 Å². The molecule has 0 saturated carbocycles. The smallest absolute Gasteiger partial charge is 0.424 e. The summed E-state index contributed by atoms with van der Waals surface area (Å²) in [4.78, 5) is 30.2. The molecule has 0 radical (unpaired) electrons. The second kappa shape index (κ2) is 3.67. The Hall–Kier alpha value is -1.43.